The Morgan fingerprint density at radius 3 is 2.71 bits per heavy atom. The molecule has 2 atom stereocenters. The number of hydrogen-bond acceptors (Lipinski definition) is 6. The quantitative estimate of drug-likeness (QED) is 0.778. The number of aromatic nitrogens is 1. The number of rotatable bonds is 3. The highest BCUT2D eigenvalue weighted by Crippen LogP contribution is 2.38. The summed E-state index contributed by atoms with van der Waals surface area (Å²) in [5.74, 6) is 0.423. The van der Waals surface area contributed by atoms with Crippen molar-refractivity contribution in [2.45, 2.75) is 36.2 Å². The van der Waals surface area contributed by atoms with Gasteiger partial charge in [-0.1, -0.05) is 12.1 Å². The number of piperidine rings is 1. The first-order valence-electron chi connectivity index (χ1n) is 9.26. The van der Waals surface area contributed by atoms with Crippen molar-refractivity contribution < 1.29 is 22.7 Å². The monoisotopic (exact) mass is 405 g/mol. The van der Waals surface area contributed by atoms with Crippen LogP contribution >= 0.6 is 0 Å². The van der Waals surface area contributed by atoms with Crippen LogP contribution in [0.5, 0.6) is 5.75 Å². The second kappa shape index (κ2) is 7.21. The number of ether oxygens (including phenoxy) is 2. The molecular weight excluding hydrogens is 382 g/mol. The fourth-order valence-corrected chi connectivity index (χ4v) is 6.38. The number of likely N-dealkylation sites (tertiary alicyclic amines) is 1. The van der Waals surface area contributed by atoms with Gasteiger partial charge in [-0.2, -0.15) is 4.31 Å². The molecule has 0 bridgehead atoms. The normalized spacial score (nSPS) is 22.9. The molecule has 150 valence electrons. The summed E-state index contributed by atoms with van der Waals surface area (Å²) in [7, 11) is -0.923. The van der Waals surface area contributed by atoms with E-state index in [1.165, 1.54) is 20.4 Å². The van der Waals surface area contributed by atoms with Gasteiger partial charge in [0.2, 0.25) is 10.0 Å². The lowest BCUT2D eigenvalue weighted by Crippen LogP contribution is -2.52. The third-order valence-corrected chi connectivity index (χ3v) is 7.65. The van der Waals surface area contributed by atoms with Crippen LogP contribution in [0.1, 0.15) is 19.3 Å². The highest BCUT2D eigenvalue weighted by molar-refractivity contribution is 7.89. The van der Waals surface area contributed by atoms with Crippen molar-refractivity contribution >= 4 is 26.9 Å². The van der Waals surface area contributed by atoms with E-state index in [9.17, 15) is 13.2 Å². The minimum absolute atomic E-state index is 0.158. The van der Waals surface area contributed by atoms with Gasteiger partial charge in [0.25, 0.3) is 0 Å². The average molecular weight is 405 g/mol. The van der Waals surface area contributed by atoms with Crippen LogP contribution in [0.3, 0.4) is 0 Å². The Morgan fingerprint density at radius 1 is 1.14 bits per heavy atom. The molecule has 1 aromatic carbocycles. The summed E-state index contributed by atoms with van der Waals surface area (Å²) in [6, 6.07) is 4.73. The summed E-state index contributed by atoms with van der Waals surface area (Å²) in [4.78, 5) is 18.1. The van der Waals surface area contributed by atoms with Crippen molar-refractivity contribution in [2.24, 2.45) is 0 Å². The van der Waals surface area contributed by atoms with Crippen LogP contribution in [-0.2, 0) is 14.8 Å². The maximum Gasteiger partial charge on any atom is 0.409 e. The first-order valence-corrected chi connectivity index (χ1v) is 10.7. The Hall–Kier alpha value is -2.39. The highest BCUT2D eigenvalue weighted by atomic mass is 32.2. The topological polar surface area (TPSA) is 89.0 Å². The molecule has 9 heteroatoms. The Bertz CT molecular complexity index is 1000. The van der Waals surface area contributed by atoms with E-state index in [-0.39, 0.29) is 17.0 Å². The van der Waals surface area contributed by atoms with Crippen molar-refractivity contribution in [3.05, 3.63) is 30.6 Å². The van der Waals surface area contributed by atoms with E-state index >= 15 is 0 Å². The molecule has 2 fully saturated rings. The summed E-state index contributed by atoms with van der Waals surface area (Å²) in [5.41, 5.74) is 0. The first-order chi connectivity index (χ1) is 13.5. The van der Waals surface area contributed by atoms with E-state index in [0.29, 0.717) is 36.0 Å². The van der Waals surface area contributed by atoms with E-state index in [2.05, 4.69) is 4.98 Å². The van der Waals surface area contributed by atoms with Crippen molar-refractivity contribution in [1.82, 2.24) is 14.2 Å². The van der Waals surface area contributed by atoms with Crippen LogP contribution in [-0.4, -0.2) is 68.1 Å². The molecular formula is C19H23N3O5S. The molecule has 2 aromatic rings. The summed E-state index contributed by atoms with van der Waals surface area (Å²) < 4.78 is 39.1. The molecule has 2 unspecified atom stereocenters. The number of nitrogens with zero attached hydrogens (tertiary/aromatic N) is 3. The van der Waals surface area contributed by atoms with Gasteiger partial charge in [0.1, 0.15) is 5.75 Å². The third-order valence-electron chi connectivity index (χ3n) is 5.68. The summed E-state index contributed by atoms with van der Waals surface area (Å²) >= 11 is 0. The van der Waals surface area contributed by atoms with Crippen molar-refractivity contribution in [2.75, 3.05) is 27.3 Å². The first kappa shape index (κ1) is 18.9. The zero-order valence-electron chi connectivity index (χ0n) is 15.9. The number of carbonyl (C=O) groups excluding carboxylic acids is 1. The summed E-state index contributed by atoms with van der Waals surface area (Å²) in [6.07, 6.45) is 4.82. The molecule has 1 aromatic heterocycles. The van der Waals surface area contributed by atoms with Gasteiger partial charge in [-0.05, 0) is 25.3 Å². The predicted octanol–water partition coefficient (Wildman–Crippen LogP) is 2.24. The van der Waals surface area contributed by atoms with Crippen molar-refractivity contribution in [3.8, 4) is 5.75 Å². The third kappa shape index (κ3) is 2.89. The van der Waals surface area contributed by atoms with E-state index in [1.807, 2.05) is 6.07 Å². The van der Waals surface area contributed by atoms with Crippen LogP contribution in [0.15, 0.2) is 35.5 Å². The van der Waals surface area contributed by atoms with Gasteiger partial charge in [0.05, 0.1) is 31.4 Å². The number of benzene rings is 1. The van der Waals surface area contributed by atoms with Gasteiger partial charge < -0.3 is 14.4 Å². The zero-order chi connectivity index (χ0) is 19.9. The summed E-state index contributed by atoms with van der Waals surface area (Å²) in [5, 5.41) is 1.24. The van der Waals surface area contributed by atoms with Gasteiger partial charge in [-0.25, -0.2) is 13.2 Å². The Labute approximate surface area is 164 Å². The van der Waals surface area contributed by atoms with Gasteiger partial charge in [-0.3, -0.25) is 4.98 Å². The molecule has 8 nitrogen and oxygen atoms in total. The summed E-state index contributed by atoms with van der Waals surface area (Å²) in [6.45, 7) is 0.963. The second-order valence-electron chi connectivity index (χ2n) is 7.04. The number of hydrogen-bond donors (Lipinski definition) is 0. The molecule has 2 aliphatic heterocycles. The molecule has 4 rings (SSSR count). The standard InChI is InChI=1S/C19H23N3O5S/c1-26-16-12-20-11-13-5-3-7-17(18(13)16)28(24,25)22-10-8-14-15(22)6-4-9-21(14)19(23)27-2/h3,5,7,11-12,14-15H,4,6,8-10H2,1-2H3. The van der Waals surface area contributed by atoms with E-state index < -0.39 is 16.1 Å². The molecule has 3 heterocycles. The second-order valence-corrected chi connectivity index (χ2v) is 8.90. The van der Waals surface area contributed by atoms with E-state index in [4.69, 9.17) is 9.47 Å². The number of carbonyl (C=O) groups is 1. The molecule has 0 aliphatic carbocycles. The number of sulfonamides is 1. The minimum Gasteiger partial charge on any atom is -0.494 e. The molecule has 28 heavy (non-hydrogen) atoms. The molecule has 2 aliphatic rings. The lowest BCUT2D eigenvalue weighted by molar-refractivity contribution is 0.0797. The van der Waals surface area contributed by atoms with Gasteiger partial charge in [0, 0.05) is 36.1 Å². The van der Waals surface area contributed by atoms with E-state index in [1.54, 1.807) is 27.5 Å². The van der Waals surface area contributed by atoms with Gasteiger partial charge in [0.15, 0.2) is 0 Å². The predicted molar refractivity (Wildman–Crippen MR) is 103 cm³/mol. The Balaban J connectivity index is 1.76. The number of pyridine rings is 1. The lowest BCUT2D eigenvalue weighted by atomic mass is 9.98. The molecule has 0 saturated carbocycles. The van der Waals surface area contributed by atoms with Gasteiger partial charge in [-0.15, -0.1) is 0 Å². The molecule has 0 radical (unpaired) electrons. The van der Waals surface area contributed by atoms with Crippen LogP contribution in [0.2, 0.25) is 0 Å². The van der Waals surface area contributed by atoms with Crippen LogP contribution in [0.4, 0.5) is 4.79 Å². The number of amides is 1. The fourth-order valence-electron chi connectivity index (χ4n) is 4.45. The highest BCUT2D eigenvalue weighted by Gasteiger charge is 2.47. The van der Waals surface area contributed by atoms with E-state index in [0.717, 1.165) is 12.8 Å². The van der Waals surface area contributed by atoms with Crippen LogP contribution in [0.25, 0.3) is 10.8 Å². The van der Waals surface area contributed by atoms with Crippen LogP contribution in [0, 0.1) is 0 Å². The smallest absolute Gasteiger partial charge is 0.409 e. The molecule has 1 amide bonds. The van der Waals surface area contributed by atoms with Crippen molar-refractivity contribution in [3.63, 3.8) is 0 Å². The molecule has 2 saturated heterocycles. The number of fused-ring (bicyclic) bond motifs is 2. The maximum absolute atomic E-state index is 13.6. The minimum atomic E-state index is -3.78. The lowest BCUT2D eigenvalue weighted by Gasteiger charge is -2.38. The zero-order valence-corrected chi connectivity index (χ0v) is 16.7. The fraction of sp³-hybridized carbons (Fsp3) is 0.474. The number of methoxy groups -OCH3 is 2. The largest absolute Gasteiger partial charge is 0.494 e. The molecule has 0 spiro atoms. The molecule has 0 N–H and O–H groups in total. The van der Waals surface area contributed by atoms with Gasteiger partial charge >= 0.3 is 6.09 Å². The SMILES string of the molecule is COC(=O)N1CCCC2C1CCN2S(=O)(=O)c1cccc2cncc(OC)c12. The average Bonchev–Trinajstić information content (AvgIpc) is 3.17. The maximum atomic E-state index is 13.6. The Kier molecular flexibility index (Phi) is 4.88. The van der Waals surface area contributed by atoms with Crippen molar-refractivity contribution in [1.29, 1.82) is 0 Å². The Morgan fingerprint density at radius 2 is 1.96 bits per heavy atom. The van der Waals surface area contributed by atoms with Crippen LogP contribution < -0.4 is 4.74 Å².